The molecule has 3 aromatic carbocycles. The summed E-state index contributed by atoms with van der Waals surface area (Å²) in [7, 11) is 0. The molecular formula is C24H24N2O3. The van der Waals surface area contributed by atoms with Crippen LogP contribution in [0.3, 0.4) is 0 Å². The molecule has 0 aromatic heterocycles. The minimum absolute atomic E-state index is 0.0669. The summed E-state index contributed by atoms with van der Waals surface area (Å²) in [5.74, 6) is 1.05. The third-order valence-corrected chi connectivity index (χ3v) is 4.48. The van der Waals surface area contributed by atoms with Gasteiger partial charge in [0.1, 0.15) is 11.5 Å². The lowest BCUT2D eigenvalue weighted by Gasteiger charge is -2.13. The highest BCUT2D eigenvalue weighted by Crippen LogP contribution is 2.21. The second-order valence-electron chi connectivity index (χ2n) is 6.74. The van der Waals surface area contributed by atoms with Crippen molar-refractivity contribution in [3.8, 4) is 11.5 Å². The highest BCUT2D eigenvalue weighted by atomic mass is 16.5. The van der Waals surface area contributed by atoms with Crippen LogP contribution < -0.4 is 15.4 Å². The number of para-hydroxylation sites is 1. The number of carbonyl (C=O) groups excluding carboxylic acids is 2. The van der Waals surface area contributed by atoms with Crippen molar-refractivity contribution in [1.29, 1.82) is 0 Å². The molecule has 5 heteroatoms. The first-order chi connectivity index (χ1) is 14.1. The zero-order chi connectivity index (χ0) is 20.5. The molecule has 3 rings (SSSR count). The van der Waals surface area contributed by atoms with Gasteiger partial charge in [-0.05, 0) is 47.9 Å². The van der Waals surface area contributed by atoms with Gasteiger partial charge < -0.3 is 15.4 Å². The minimum Gasteiger partial charge on any atom is -0.457 e. The van der Waals surface area contributed by atoms with E-state index in [-0.39, 0.29) is 24.3 Å². The van der Waals surface area contributed by atoms with Gasteiger partial charge in [-0.1, -0.05) is 55.5 Å². The maximum atomic E-state index is 12.2. The second kappa shape index (κ2) is 10.1. The maximum Gasteiger partial charge on any atom is 0.251 e. The number of amides is 2. The maximum absolute atomic E-state index is 12.2. The Kier molecular flexibility index (Phi) is 7.00. The summed E-state index contributed by atoms with van der Waals surface area (Å²) in [6.07, 6.45) is 0. The van der Waals surface area contributed by atoms with Gasteiger partial charge in [-0.25, -0.2) is 0 Å². The van der Waals surface area contributed by atoms with Crippen LogP contribution in [0.15, 0.2) is 84.9 Å². The van der Waals surface area contributed by atoms with E-state index < -0.39 is 0 Å². The predicted molar refractivity (Wildman–Crippen MR) is 113 cm³/mol. The molecule has 5 nitrogen and oxygen atoms in total. The van der Waals surface area contributed by atoms with Crippen molar-refractivity contribution in [2.45, 2.75) is 12.8 Å². The van der Waals surface area contributed by atoms with E-state index in [1.807, 2.05) is 67.6 Å². The van der Waals surface area contributed by atoms with Crippen molar-refractivity contribution in [3.05, 3.63) is 96.1 Å². The van der Waals surface area contributed by atoms with Crippen LogP contribution in [0, 0.1) is 0 Å². The number of hydrogen-bond donors (Lipinski definition) is 2. The summed E-state index contributed by atoms with van der Waals surface area (Å²) < 4.78 is 5.71. The summed E-state index contributed by atoms with van der Waals surface area (Å²) >= 11 is 0. The van der Waals surface area contributed by atoms with Gasteiger partial charge in [0.05, 0.1) is 6.54 Å². The summed E-state index contributed by atoms with van der Waals surface area (Å²) in [5, 5.41) is 5.49. The van der Waals surface area contributed by atoms with Gasteiger partial charge in [-0.2, -0.15) is 0 Å². The second-order valence-corrected chi connectivity index (χ2v) is 6.74. The lowest BCUT2D eigenvalue weighted by molar-refractivity contribution is -0.120. The Morgan fingerprint density at radius 2 is 1.38 bits per heavy atom. The van der Waals surface area contributed by atoms with Gasteiger partial charge >= 0.3 is 0 Å². The topological polar surface area (TPSA) is 67.4 Å². The van der Waals surface area contributed by atoms with Gasteiger partial charge in [0.15, 0.2) is 0 Å². The molecular weight excluding hydrogens is 364 g/mol. The Bertz CT molecular complexity index is 925. The molecule has 0 spiro atoms. The quantitative estimate of drug-likeness (QED) is 0.610. The first kappa shape index (κ1) is 20.1. The van der Waals surface area contributed by atoms with Crippen LogP contribution >= 0.6 is 0 Å². The standard InChI is InChI=1S/C24H24N2O3/c1-18(19-8-4-2-5-9-19)16-25-23(27)17-26-24(28)20-12-14-22(15-13-20)29-21-10-6-3-7-11-21/h2-15,18H,16-17H2,1H3,(H,25,27)(H,26,28)/t18-/m1/s1. The molecule has 0 fully saturated rings. The molecule has 0 unspecified atom stereocenters. The fourth-order valence-electron chi connectivity index (χ4n) is 2.79. The Balaban J connectivity index is 1.43. The Morgan fingerprint density at radius 1 is 0.793 bits per heavy atom. The van der Waals surface area contributed by atoms with Gasteiger partial charge in [-0.15, -0.1) is 0 Å². The fourth-order valence-corrected chi connectivity index (χ4v) is 2.79. The highest BCUT2D eigenvalue weighted by molar-refractivity contribution is 5.96. The van der Waals surface area contributed by atoms with Gasteiger partial charge in [0.25, 0.3) is 5.91 Å². The number of rotatable bonds is 8. The van der Waals surface area contributed by atoms with E-state index in [1.54, 1.807) is 24.3 Å². The van der Waals surface area contributed by atoms with Crippen molar-refractivity contribution in [1.82, 2.24) is 10.6 Å². The Hall–Kier alpha value is -3.60. The molecule has 0 saturated carbocycles. The van der Waals surface area contributed by atoms with Crippen molar-refractivity contribution >= 4 is 11.8 Å². The zero-order valence-electron chi connectivity index (χ0n) is 16.3. The third kappa shape index (κ3) is 6.21. The number of nitrogens with one attached hydrogen (secondary N) is 2. The van der Waals surface area contributed by atoms with Crippen molar-refractivity contribution in [2.24, 2.45) is 0 Å². The molecule has 2 amide bonds. The van der Waals surface area contributed by atoms with E-state index >= 15 is 0 Å². The molecule has 0 aliphatic heterocycles. The number of benzene rings is 3. The van der Waals surface area contributed by atoms with Crippen LogP contribution in [-0.4, -0.2) is 24.9 Å². The van der Waals surface area contributed by atoms with Crippen LogP contribution in [0.4, 0.5) is 0 Å². The van der Waals surface area contributed by atoms with E-state index in [1.165, 1.54) is 0 Å². The molecule has 0 radical (unpaired) electrons. The normalized spacial score (nSPS) is 11.3. The summed E-state index contributed by atoms with van der Waals surface area (Å²) in [5.41, 5.74) is 1.63. The molecule has 1 atom stereocenters. The molecule has 0 aliphatic rings. The number of hydrogen-bond acceptors (Lipinski definition) is 3. The molecule has 0 bridgehead atoms. The SMILES string of the molecule is C[C@H](CNC(=O)CNC(=O)c1ccc(Oc2ccccc2)cc1)c1ccccc1. The van der Waals surface area contributed by atoms with Crippen LogP contribution in [0.25, 0.3) is 0 Å². The molecule has 0 saturated heterocycles. The highest BCUT2D eigenvalue weighted by Gasteiger charge is 2.10. The van der Waals surface area contributed by atoms with Crippen molar-refractivity contribution in [2.75, 3.05) is 13.1 Å². The fraction of sp³-hybridized carbons (Fsp3) is 0.167. The van der Waals surface area contributed by atoms with Crippen LogP contribution in [0.2, 0.25) is 0 Å². The smallest absolute Gasteiger partial charge is 0.251 e. The Morgan fingerprint density at radius 3 is 2.03 bits per heavy atom. The average Bonchev–Trinajstić information content (AvgIpc) is 2.77. The predicted octanol–water partition coefficient (Wildman–Crippen LogP) is 4.13. The first-order valence-electron chi connectivity index (χ1n) is 9.54. The van der Waals surface area contributed by atoms with Gasteiger partial charge in [0.2, 0.25) is 5.91 Å². The first-order valence-corrected chi connectivity index (χ1v) is 9.54. The summed E-state index contributed by atoms with van der Waals surface area (Å²) in [6.45, 7) is 2.50. The third-order valence-electron chi connectivity index (χ3n) is 4.48. The van der Waals surface area contributed by atoms with Crippen LogP contribution in [0.1, 0.15) is 28.8 Å². The van der Waals surface area contributed by atoms with Crippen LogP contribution in [0.5, 0.6) is 11.5 Å². The monoisotopic (exact) mass is 388 g/mol. The number of ether oxygens (including phenoxy) is 1. The van der Waals surface area contributed by atoms with Gasteiger partial charge in [0, 0.05) is 12.1 Å². The zero-order valence-corrected chi connectivity index (χ0v) is 16.3. The molecule has 29 heavy (non-hydrogen) atoms. The van der Waals surface area contributed by atoms with Crippen molar-refractivity contribution < 1.29 is 14.3 Å². The Labute approximate surface area is 170 Å². The summed E-state index contributed by atoms with van der Waals surface area (Å²) in [6, 6.07) is 26.2. The van der Waals surface area contributed by atoms with E-state index in [4.69, 9.17) is 4.74 Å². The van der Waals surface area contributed by atoms with E-state index in [9.17, 15) is 9.59 Å². The molecule has 0 aliphatic carbocycles. The number of carbonyl (C=O) groups is 2. The van der Waals surface area contributed by atoms with Crippen molar-refractivity contribution in [3.63, 3.8) is 0 Å². The lowest BCUT2D eigenvalue weighted by atomic mass is 10.0. The average molecular weight is 388 g/mol. The minimum atomic E-state index is -0.303. The molecule has 148 valence electrons. The summed E-state index contributed by atoms with van der Waals surface area (Å²) in [4.78, 5) is 24.3. The molecule has 0 heterocycles. The van der Waals surface area contributed by atoms with E-state index in [0.29, 0.717) is 17.9 Å². The van der Waals surface area contributed by atoms with Gasteiger partial charge in [-0.3, -0.25) is 9.59 Å². The molecule has 2 N–H and O–H groups in total. The van der Waals surface area contributed by atoms with E-state index in [0.717, 1.165) is 11.3 Å². The van der Waals surface area contributed by atoms with E-state index in [2.05, 4.69) is 10.6 Å². The largest absolute Gasteiger partial charge is 0.457 e. The lowest BCUT2D eigenvalue weighted by Crippen LogP contribution is -2.38. The molecule has 3 aromatic rings. The van der Waals surface area contributed by atoms with Crippen LogP contribution in [-0.2, 0) is 4.79 Å².